The van der Waals surface area contributed by atoms with Crippen LogP contribution in [0.4, 0.5) is 5.69 Å². The van der Waals surface area contributed by atoms with Crippen LogP contribution < -0.4 is 10.6 Å². The lowest BCUT2D eigenvalue weighted by molar-refractivity contribution is -0.119. The predicted molar refractivity (Wildman–Crippen MR) is 130 cm³/mol. The highest BCUT2D eigenvalue weighted by atomic mass is 16.5. The van der Waals surface area contributed by atoms with Gasteiger partial charge in [-0.05, 0) is 55.0 Å². The van der Waals surface area contributed by atoms with Crippen molar-refractivity contribution in [3.05, 3.63) is 101 Å². The number of nitrogens with one attached hydrogen (secondary N) is 2. The maximum absolute atomic E-state index is 12.6. The van der Waals surface area contributed by atoms with Gasteiger partial charge in [-0.3, -0.25) is 24.1 Å². The second-order valence-electron chi connectivity index (χ2n) is 8.01. The van der Waals surface area contributed by atoms with E-state index in [1.165, 1.54) is 18.2 Å². The molecule has 0 bridgehead atoms. The molecule has 9 nitrogen and oxygen atoms in total. The molecule has 0 unspecified atom stereocenters. The molecule has 0 atom stereocenters. The van der Waals surface area contributed by atoms with Crippen LogP contribution in [0, 0.1) is 0 Å². The minimum absolute atomic E-state index is 0.00407. The minimum atomic E-state index is -0.731. The van der Waals surface area contributed by atoms with Crippen molar-refractivity contribution in [1.82, 2.24) is 10.2 Å². The third kappa shape index (κ3) is 5.30. The molecule has 1 heterocycles. The number of fused-ring (bicyclic) bond motifs is 1. The summed E-state index contributed by atoms with van der Waals surface area (Å²) in [6, 6.07) is 19.3. The van der Waals surface area contributed by atoms with Gasteiger partial charge < -0.3 is 15.4 Å². The van der Waals surface area contributed by atoms with Crippen LogP contribution in [0.3, 0.4) is 0 Å². The van der Waals surface area contributed by atoms with Gasteiger partial charge in [-0.15, -0.1) is 0 Å². The summed E-state index contributed by atoms with van der Waals surface area (Å²) in [6.45, 7) is 1.74. The lowest BCUT2D eigenvalue weighted by Crippen LogP contribution is -2.29. The summed E-state index contributed by atoms with van der Waals surface area (Å²) < 4.78 is 5.12. The van der Waals surface area contributed by atoms with E-state index in [1.54, 1.807) is 61.5 Å². The van der Waals surface area contributed by atoms with Crippen molar-refractivity contribution in [2.24, 2.45) is 0 Å². The van der Waals surface area contributed by atoms with E-state index < -0.39 is 30.3 Å². The number of imide groups is 1. The number of nitrogens with zero attached hydrogens (tertiary/aromatic N) is 1. The van der Waals surface area contributed by atoms with Gasteiger partial charge in [-0.25, -0.2) is 4.79 Å². The third-order valence-electron chi connectivity index (χ3n) is 5.46. The number of amides is 4. The molecule has 0 saturated heterocycles. The van der Waals surface area contributed by atoms with Crippen LogP contribution in [-0.4, -0.2) is 47.6 Å². The molecular formula is C27H23N3O6. The molecule has 0 fully saturated rings. The van der Waals surface area contributed by atoms with Crippen LogP contribution in [0.15, 0.2) is 72.8 Å². The highest BCUT2D eigenvalue weighted by molar-refractivity contribution is 6.21. The molecule has 0 spiro atoms. The van der Waals surface area contributed by atoms with Crippen LogP contribution in [0.25, 0.3) is 0 Å². The van der Waals surface area contributed by atoms with E-state index in [4.69, 9.17) is 4.74 Å². The first kappa shape index (κ1) is 24.3. The van der Waals surface area contributed by atoms with Gasteiger partial charge in [0.05, 0.1) is 23.2 Å². The lowest BCUT2D eigenvalue weighted by Gasteiger charge is -2.14. The van der Waals surface area contributed by atoms with Gasteiger partial charge in [0.15, 0.2) is 6.61 Å². The smallest absolute Gasteiger partial charge is 0.338 e. The molecule has 0 saturated carbocycles. The fraction of sp³-hybridized carbons (Fsp3) is 0.148. The molecule has 1 aliphatic heterocycles. The first-order valence-electron chi connectivity index (χ1n) is 11.3. The Morgan fingerprint density at radius 3 is 2.19 bits per heavy atom. The van der Waals surface area contributed by atoms with Crippen LogP contribution in [0.5, 0.6) is 0 Å². The number of hydrogen-bond acceptors (Lipinski definition) is 6. The highest BCUT2D eigenvalue weighted by Gasteiger charge is 2.35. The van der Waals surface area contributed by atoms with Crippen molar-refractivity contribution in [3.63, 3.8) is 0 Å². The molecule has 0 aromatic heterocycles. The van der Waals surface area contributed by atoms with E-state index in [0.29, 0.717) is 34.5 Å². The van der Waals surface area contributed by atoms with Crippen LogP contribution >= 0.6 is 0 Å². The monoisotopic (exact) mass is 485 g/mol. The van der Waals surface area contributed by atoms with Crippen molar-refractivity contribution < 1.29 is 28.7 Å². The van der Waals surface area contributed by atoms with Crippen molar-refractivity contribution in [2.45, 2.75) is 13.5 Å². The molecule has 1 aliphatic rings. The summed E-state index contributed by atoms with van der Waals surface area (Å²) >= 11 is 0. The molecule has 182 valence electrons. The van der Waals surface area contributed by atoms with E-state index in [-0.39, 0.29) is 18.0 Å². The number of carbonyl (C=O) groups excluding carboxylic acids is 5. The Bertz CT molecular complexity index is 1330. The van der Waals surface area contributed by atoms with Crippen LogP contribution in [-0.2, 0) is 16.1 Å². The lowest BCUT2D eigenvalue weighted by atomic mass is 10.1. The number of carbonyl (C=O) groups is 5. The topological polar surface area (TPSA) is 122 Å². The Labute approximate surface area is 207 Å². The van der Waals surface area contributed by atoms with Crippen molar-refractivity contribution in [2.75, 3.05) is 18.5 Å². The maximum atomic E-state index is 12.6. The quantitative estimate of drug-likeness (QED) is 0.374. The summed E-state index contributed by atoms with van der Waals surface area (Å²) in [5.41, 5.74) is 2.21. The molecule has 0 aliphatic carbocycles. The second kappa shape index (κ2) is 10.6. The molecule has 9 heteroatoms. The molecule has 2 N–H and O–H groups in total. The van der Waals surface area contributed by atoms with Gasteiger partial charge in [-0.2, -0.15) is 0 Å². The molecule has 36 heavy (non-hydrogen) atoms. The van der Waals surface area contributed by atoms with Crippen molar-refractivity contribution in [3.8, 4) is 0 Å². The molecule has 3 aromatic carbocycles. The largest absolute Gasteiger partial charge is 0.452 e. The number of hydrogen-bond donors (Lipinski definition) is 2. The summed E-state index contributed by atoms with van der Waals surface area (Å²) in [5, 5.41) is 5.26. The number of ether oxygens (including phenoxy) is 1. The van der Waals surface area contributed by atoms with Crippen LogP contribution in [0.2, 0.25) is 0 Å². The van der Waals surface area contributed by atoms with Gasteiger partial charge in [0.2, 0.25) is 0 Å². The van der Waals surface area contributed by atoms with E-state index in [0.717, 1.165) is 4.90 Å². The van der Waals surface area contributed by atoms with E-state index in [9.17, 15) is 24.0 Å². The van der Waals surface area contributed by atoms with E-state index in [1.807, 2.05) is 0 Å². The Hall–Kier alpha value is -4.79. The van der Waals surface area contributed by atoms with Gasteiger partial charge in [-0.1, -0.05) is 30.3 Å². The average molecular weight is 485 g/mol. The van der Waals surface area contributed by atoms with E-state index in [2.05, 4.69) is 10.6 Å². The van der Waals surface area contributed by atoms with Crippen molar-refractivity contribution >= 4 is 35.3 Å². The number of anilines is 1. The van der Waals surface area contributed by atoms with Crippen LogP contribution in [0.1, 0.15) is 53.9 Å². The summed E-state index contributed by atoms with van der Waals surface area (Å²) in [7, 11) is 0. The highest BCUT2D eigenvalue weighted by Crippen LogP contribution is 2.24. The summed E-state index contributed by atoms with van der Waals surface area (Å²) in [5.74, 6) is -2.35. The fourth-order valence-electron chi connectivity index (χ4n) is 3.77. The van der Waals surface area contributed by atoms with Gasteiger partial charge >= 0.3 is 5.97 Å². The van der Waals surface area contributed by atoms with E-state index >= 15 is 0 Å². The molecule has 4 rings (SSSR count). The minimum Gasteiger partial charge on any atom is -0.452 e. The normalized spacial score (nSPS) is 12.2. The molecule has 4 amide bonds. The predicted octanol–water partition coefficient (Wildman–Crippen LogP) is 3.03. The third-order valence-corrected chi connectivity index (χ3v) is 5.46. The first-order chi connectivity index (χ1) is 17.4. The Morgan fingerprint density at radius 1 is 0.833 bits per heavy atom. The Balaban J connectivity index is 1.34. The zero-order valence-corrected chi connectivity index (χ0v) is 19.4. The molecule has 0 radical (unpaired) electrons. The molecule has 3 aromatic rings. The fourth-order valence-corrected chi connectivity index (χ4v) is 3.77. The number of benzene rings is 3. The summed E-state index contributed by atoms with van der Waals surface area (Å²) in [4.78, 5) is 63.0. The Morgan fingerprint density at radius 2 is 1.50 bits per heavy atom. The van der Waals surface area contributed by atoms with Gasteiger partial charge in [0.25, 0.3) is 23.6 Å². The maximum Gasteiger partial charge on any atom is 0.338 e. The van der Waals surface area contributed by atoms with Gasteiger partial charge in [0.1, 0.15) is 0 Å². The number of rotatable bonds is 8. The zero-order chi connectivity index (χ0) is 25.7. The first-order valence-corrected chi connectivity index (χ1v) is 11.3. The second-order valence-corrected chi connectivity index (χ2v) is 8.01. The Kier molecular flexibility index (Phi) is 7.20. The summed E-state index contributed by atoms with van der Waals surface area (Å²) in [6.07, 6.45) is 0. The SMILES string of the molecule is CCNC(=O)c1cccc(NC(=O)COC(=O)c2cccc(CN3C(=O)c4ccccc4C3=O)c2)c1. The zero-order valence-electron chi connectivity index (χ0n) is 19.4. The standard InChI is InChI=1S/C27H23N3O6/c1-2-28-24(32)18-8-6-10-20(14-18)29-23(31)16-36-27(35)19-9-5-7-17(13-19)15-30-25(33)21-11-3-4-12-22(21)26(30)34/h3-14H,2,15-16H2,1H3,(H,28,32)(H,29,31). The average Bonchev–Trinajstić information content (AvgIpc) is 3.12. The number of esters is 1. The van der Waals surface area contributed by atoms with Gasteiger partial charge in [0, 0.05) is 17.8 Å². The molecular weight excluding hydrogens is 462 g/mol. The van der Waals surface area contributed by atoms with Crippen molar-refractivity contribution in [1.29, 1.82) is 0 Å².